The van der Waals surface area contributed by atoms with Crippen LogP contribution in [0.5, 0.6) is 5.75 Å². The molecule has 0 bridgehead atoms. The van der Waals surface area contributed by atoms with Crippen molar-refractivity contribution in [1.29, 1.82) is 0 Å². The first-order valence-corrected chi connectivity index (χ1v) is 5.67. The molecular formula is C14H14N2O2. The lowest BCUT2D eigenvalue weighted by atomic mass is 10.1. The molecule has 0 fully saturated rings. The molecule has 0 aliphatic heterocycles. The fourth-order valence-corrected chi connectivity index (χ4v) is 1.60. The van der Waals surface area contributed by atoms with Crippen LogP contribution in [0.2, 0.25) is 0 Å². The van der Waals surface area contributed by atoms with Crippen molar-refractivity contribution in [3.8, 4) is 5.75 Å². The van der Waals surface area contributed by atoms with E-state index in [0.717, 1.165) is 5.69 Å². The molecule has 0 aliphatic carbocycles. The highest BCUT2D eigenvalue weighted by Gasteiger charge is 2.11. The predicted molar refractivity (Wildman–Crippen MR) is 68.2 cm³/mol. The van der Waals surface area contributed by atoms with Crippen LogP contribution < -0.4 is 5.32 Å². The van der Waals surface area contributed by atoms with Crippen LogP contribution in [0.25, 0.3) is 0 Å². The molecule has 18 heavy (non-hydrogen) atoms. The van der Waals surface area contributed by atoms with Crippen LogP contribution in [-0.4, -0.2) is 16.0 Å². The summed E-state index contributed by atoms with van der Waals surface area (Å²) in [5.74, 6) is -0.0440. The van der Waals surface area contributed by atoms with E-state index in [1.807, 2.05) is 25.1 Å². The summed E-state index contributed by atoms with van der Waals surface area (Å²) < 4.78 is 0. The number of aromatic hydroxyl groups is 1. The minimum absolute atomic E-state index is 0.143. The molecule has 2 aromatic rings. The van der Waals surface area contributed by atoms with Crippen LogP contribution in [0.4, 0.5) is 0 Å². The van der Waals surface area contributed by atoms with E-state index in [9.17, 15) is 4.79 Å². The van der Waals surface area contributed by atoms with Crippen molar-refractivity contribution in [2.24, 2.45) is 0 Å². The number of phenols is 1. The second-order valence-electron chi connectivity index (χ2n) is 4.00. The second-order valence-corrected chi connectivity index (χ2v) is 4.00. The van der Waals surface area contributed by atoms with Crippen molar-refractivity contribution in [2.45, 2.75) is 13.0 Å². The summed E-state index contributed by atoms with van der Waals surface area (Å²) in [6.07, 6.45) is 1.69. The number of nitrogens with zero attached hydrogens (tertiary/aromatic N) is 1. The Bertz CT molecular complexity index is 523. The first-order chi connectivity index (χ1) is 8.66. The lowest BCUT2D eigenvalue weighted by Crippen LogP contribution is -2.27. The summed E-state index contributed by atoms with van der Waals surface area (Å²) >= 11 is 0. The van der Waals surface area contributed by atoms with E-state index in [2.05, 4.69) is 10.3 Å². The number of carbonyl (C=O) groups is 1. The monoisotopic (exact) mass is 242 g/mol. The smallest absolute Gasteiger partial charge is 0.251 e. The van der Waals surface area contributed by atoms with Gasteiger partial charge in [0, 0.05) is 11.8 Å². The Morgan fingerprint density at radius 3 is 2.56 bits per heavy atom. The predicted octanol–water partition coefficient (Wildman–Crippen LogP) is 2.28. The summed E-state index contributed by atoms with van der Waals surface area (Å²) in [4.78, 5) is 16.1. The first kappa shape index (κ1) is 12.1. The summed E-state index contributed by atoms with van der Waals surface area (Å²) in [7, 11) is 0. The molecule has 2 N–H and O–H groups in total. The zero-order valence-electron chi connectivity index (χ0n) is 10.00. The maximum absolute atomic E-state index is 11.9. The maximum Gasteiger partial charge on any atom is 0.251 e. The topological polar surface area (TPSA) is 62.2 Å². The average molecular weight is 242 g/mol. The van der Waals surface area contributed by atoms with E-state index in [1.54, 1.807) is 18.3 Å². The number of carbonyl (C=O) groups excluding carboxylic acids is 1. The molecule has 0 saturated carbocycles. The van der Waals surface area contributed by atoms with Gasteiger partial charge in [0.2, 0.25) is 0 Å². The number of phenolic OH excluding ortho intramolecular Hbond substituents is 1. The Hall–Kier alpha value is -2.36. The van der Waals surface area contributed by atoms with Crippen molar-refractivity contribution in [1.82, 2.24) is 10.3 Å². The third-order valence-corrected chi connectivity index (χ3v) is 2.61. The summed E-state index contributed by atoms with van der Waals surface area (Å²) in [6, 6.07) is 11.5. The molecule has 1 unspecified atom stereocenters. The fourth-order valence-electron chi connectivity index (χ4n) is 1.60. The molecule has 2 rings (SSSR count). The molecule has 0 radical (unpaired) electrons. The molecule has 1 amide bonds. The molecule has 0 saturated heterocycles. The fraction of sp³-hybridized carbons (Fsp3) is 0.143. The van der Waals surface area contributed by atoms with Gasteiger partial charge in [-0.05, 0) is 43.3 Å². The Balaban J connectivity index is 2.06. The normalized spacial score (nSPS) is 11.8. The standard InChI is InChI=1S/C14H14N2O2/c1-10(13-4-2-3-9-15-13)16-14(18)11-5-7-12(17)8-6-11/h2-10,17H,1H3,(H,16,18). The van der Waals surface area contributed by atoms with Crippen molar-refractivity contribution >= 4 is 5.91 Å². The molecule has 92 valence electrons. The Labute approximate surface area is 105 Å². The molecule has 4 nitrogen and oxygen atoms in total. The zero-order chi connectivity index (χ0) is 13.0. The lowest BCUT2D eigenvalue weighted by molar-refractivity contribution is 0.0939. The van der Waals surface area contributed by atoms with Crippen LogP contribution in [-0.2, 0) is 0 Å². The highest BCUT2D eigenvalue weighted by atomic mass is 16.3. The van der Waals surface area contributed by atoms with Gasteiger partial charge in [0.05, 0.1) is 11.7 Å². The lowest BCUT2D eigenvalue weighted by Gasteiger charge is -2.13. The maximum atomic E-state index is 11.9. The van der Waals surface area contributed by atoms with Crippen LogP contribution in [0.15, 0.2) is 48.7 Å². The Kier molecular flexibility index (Phi) is 3.57. The van der Waals surface area contributed by atoms with E-state index in [1.165, 1.54) is 12.1 Å². The van der Waals surface area contributed by atoms with Crippen LogP contribution in [0.3, 0.4) is 0 Å². The van der Waals surface area contributed by atoms with Crippen molar-refractivity contribution in [3.05, 3.63) is 59.9 Å². The molecule has 0 spiro atoms. The molecule has 1 aromatic heterocycles. The number of rotatable bonds is 3. The van der Waals surface area contributed by atoms with Gasteiger partial charge in [0.1, 0.15) is 5.75 Å². The minimum Gasteiger partial charge on any atom is -0.508 e. The van der Waals surface area contributed by atoms with Gasteiger partial charge in [-0.25, -0.2) is 0 Å². The number of aromatic nitrogens is 1. The molecule has 0 aliphatic rings. The highest BCUT2D eigenvalue weighted by molar-refractivity contribution is 5.94. The summed E-state index contributed by atoms with van der Waals surface area (Å²) in [5.41, 5.74) is 1.32. The van der Waals surface area contributed by atoms with Gasteiger partial charge >= 0.3 is 0 Å². The molecule has 1 atom stereocenters. The summed E-state index contributed by atoms with van der Waals surface area (Å²) in [5, 5.41) is 12.0. The Morgan fingerprint density at radius 1 is 1.22 bits per heavy atom. The van der Waals surface area contributed by atoms with Gasteiger partial charge < -0.3 is 10.4 Å². The second kappa shape index (κ2) is 5.31. The van der Waals surface area contributed by atoms with Crippen LogP contribution in [0, 0.1) is 0 Å². The van der Waals surface area contributed by atoms with Crippen molar-refractivity contribution in [3.63, 3.8) is 0 Å². The van der Waals surface area contributed by atoms with Crippen molar-refractivity contribution < 1.29 is 9.90 Å². The van der Waals surface area contributed by atoms with E-state index in [0.29, 0.717) is 5.56 Å². The van der Waals surface area contributed by atoms with Gasteiger partial charge in [-0.1, -0.05) is 6.07 Å². The first-order valence-electron chi connectivity index (χ1n) is 5.67. The number of pyridine rings is 1. The Morgan fingerprint density at radius 2 is 1.94 bits per heavy atom. The number of hydrogen-bond donors (Lipinski definition) is 2. The SMILES string of the molecule is CC(NC(=O)c1ccc(O)cc1)c1ccccn1. The zero-order valence-corrected chi connectivity index (χ0v) is 10.00. The third kappa shape index (κ3) is 2.85. The highest BCUT2D eigenvalue weighted by Crippen LogP contribution is 2.12. The van der Waals surface area contributed by atoms with Crippen LogP contribution >= 0.6 is 0 Å². The van der Waals surface area contributed by atoms with E-state index in [4.69, 9.17) is 5.11 Å². The minimum atomic E-state index is -0.187. The number of benzene rings is 1. The molecular weight excluding hydrogens is 228 g/mol. The number of nitrogens with one attached hydrogen (secondary N) is 1. The van der Waals surface area contributed by atoms with E-state index >= 15 is 0 Å². The van der Waals surface area contributed by atoms with E-state index < -0.39 is 0 Å². The quantitative estimate of drug-likeness (QED) is 0.868. The molecule has 1 heterocycles. The van der Waals surface area contributed by atoms with Gasteiger partial charge in [-0.15, -0.1) is 0 Å². The largest absolute Gasteiger partial charge is 0.508 e. The van der Waals surface area contributed by atoms with Gasteiger partial charge in [-0.2, -0.15) is 0 Å². The third-order valence-electron chi connectivity index (χ3n) is 2.61. The average Bonchev–Trinajstić information content (AvgIpc) is 2.40. The molecule has 4 heteroatoms. The van der Waals surface area contributed by atoms with Crippen molar-refractivity contribution in [2.75, 3.05) is 0 Å². The van der Waals surface area contributed by atoms with Gasteiger partial charge in [-0.3, -0.25) is 9.78 Å². The van der Waals surface area contributed by atoms with E-state index in [-0.39, 0.29) is 17.7 Å². The summed E-state index contributed by atoms with van der Waals surface area (Å²) in [6.45, 7) is 1.88. The number of amides is 1. The number of hydrogen-bond acceptors (Lipinski definition) is 3. The van der Waals surface area contributed by atoms with Crippen LogP contribution in [0.1, 0.15) is 29.0 Å². The van der Waals surface area contributed by atoms with Gasteiger partial charge in [0.15, 0.2) is 0 Å². The van der Waals surface area contributed by atoms with Gasteiger partial charge in [0.25, 0.3) is 5.91 Å². The molecule has 1 aromatic carbocycles.